The van der Waals surface area contributed by atoms with Gasteiger partial charge in [0.05, 0.1) is 18.1 Å². The van der Waals surface area contributed by atoms with Gasteiger partial charge in [-0.25, -0.2) is 0 Å². The summed E-state index contributed by atoms with van der Waals surface area (Å²) in [6.07, 6.45) is 2.06. The molecular formula is C19H20N2O5. The number of carbonyl (C=O) groups excluding carboxylic acids is 1. The first-order valence-electron chi connectivity index (χ1n) is 8.31. The van der Waals surface area contributed by atoms with Crippen LogP contribution >= 0.6 is 0 Å². The summed E-state index contributed by atoms with van der Waals surface area (Å²) in [5.74, 6) is 0.0829. The highest BCUT2D eigenvalue weighted by atomic mass is 16.6. The molecule has 1 saturated carbocycles. The van der Waals surface area contributed by atoms with Gasteiger partial charge in [-0.3, -0.25) is 14.9 Å². The number of nitrogens with zero attached hydrogens (tertiary/aromatic N) is 1. The molecule has 1 aliphatic rings. The van der Waals surface area contributed by atoms with Gasteiger partial charge in [0.15, 0.2) is 12.4 Å². The number of hydrogen-bond donors (Lipinski definition) is 1. The van der Waals surface area contributed by atoms with Crippen molar-refractivity contribution in [3.63, 3.8) is 0 Å². The van der Waals surface area contributed by atoms with Crippen molar-refractivity contribution in [3.8, 4) is 11.5 Å². The third-order valence-corrected chi connectivity index (χ3v) is 4.59. The Balaban J connectivity index is 1.56. The topological polar surface area (TPSA) is 90.7 Å². The van der Waals surface area contributed by atoms with E-state index < -0.39 is 4.92 Å². The van der Waals surface area contributed by atoms with Gasteiger partial charge in [0.2, 0.25) is 0 Å². The molecule has 0 spiro atoms. The van der Waals surface area contributed by atoms with Crippen LogP contribution in [0.15, 0.2) is 48.5 Å². The molecular weight excluding hydrogens is 336 g/mol. The first kappa shape index (κ1) is 17.7. The quantitative estimate of drug-likeness (QED) is 0.580. The van der Waals surface area contributed by atoms with Gasteiger partial charge in [0.1, 0.15) is 5.75 Å². The van der Waals surface area contributed by atoms with Crippen molar-refractivity contribution in [1.29, 1.82) is 0 Å². The molecule has 0 bridgehead atoms. The number of methoxy groups -OCH3 is 1. The van der Waals surface area contributed by atoms with Crippen molar-refractivity contribution >= 4 is 11.6 Å². The summed E-state index contributed by atoms with van der Waals surface area (Å²) in [4.78, 5) is 22.7. The molecule has 0 aromatic heterocycles. The van der Waals surface area contributed by atoms with Crippen LogP contribution in [0.1, 0.15) is 18.4 Å². The third kappa shape index (κ3) is 3.93. The Kier molecular flexibility index (Phi) is 5.06. The zero-order chi connectivity index (χ0) is 18.6. The Bertz CT molecular complexity index is 803. The summed E-state index contributed by atoms with van der Waals surface area (Å²) in [7, 11) is 1.42. The molecule has 7 nitrogen and oxygen atoms in total. The normalized spacial score (nSPS) is 14.3. The van der Waals surface area contributed by atoms with Crippen molar-refractivity contribution in [2.75, 3.05) is 20.3 Å². The lowest BCUT2D eigenvalue weighted by atomic mass is 9.96. The molecule has 26 heavy (non-hydrogen) atoms. The van der Waals surface area contributed by atoms with Crippen LogP contribution in [0.2, 0.25) is 0 Å². The smallest absolute Gasteiger partial charge is 0.314 e. The summed E-state index contributed by atoms with van der Waals surface area (Å²) in [5, 5.41) is 14.0. The fourth-order valence-electron chi connectivity index (χ4n) is 2.86. The summed E-state index contributed by atoms with van der Waals surface area (Å²) in [5.41, 5.74) is 0.982. The second kappa shape index (κ2) is 7.43. The highest BCUT2D eigenvalue weighted by molar-refractivity contribution is 5.78. The molecule has 2 aromatic rings. The molecule has 0 radical (unpaired) electrons. The minimum Gasteiger partial charge on any atom is -0.496 e. The Hall–Kier alpha value is -3.09. The van der Waals surface area contributed by atoms with E-state index in [9.17, 15) is 14.9 Å². The Labute approximate surface area is 151 Å². The van der Waals surface area contributed by atoms with E-state index in [-0.39, 0.29) is 29.4 Å². The maximum Gasteiger partial charge on any atom is 0.314 e. The molecule has 0 saturated heterocycles. The van der Waals surface area contributed by atoms with Crippen LogP contribution in [0.3, 0.4) is 0 Å². The van der Waals surface area contributed by atoms with Crippen LogP contribution in [0.25, 0.3) is 0 Å². The van der Waals surface area contributed by atoms with Gasteiger partial charge >= 0.3 is 5.69 Å². The highest BCUT2D eigenvalue weighted by Crippen LogP contribution is 2.47. The second-order valence-electron chi connectivity index (χ2n) is 6.30. The van der Waals surface area contributed by atoms with E-state index >= 15 is 0 Å². The molecule has 136 valence electrons. The van der Waals surface area contributed by atoms with Crippen LogP contribution in [0.4, 0.5) is 5.69 Å². The summed E-state index contributed by atoms with van der Waals surface area (Å²) < 4.78 is 10.3. The van der Waals surface area contributed by atoms with Crippen LogP contribution < -0.4 is 14.8 Å². The maximum atomic E-state index is 12.1. The molecule has 0 heterocycles. The second-order valence-corrected chi connectivity index (χ2v) is 6.30. The zero-order valence-corrected chi connectivity index (χ0v) is 14.4. The van der Waals surface area contributed by atoms with Crippen molar-refractivity contribution in [1.82, 2.24) is 5.32 Å². The molecule has 1 fully saturated rings. The Morgan fingerprint density at radius 1 is 1.23 bits per heavy atom. The molecule has 1 N–H and O–H groups in total. The monoisotopic (exact) mass is 356 g/mol. The van der Waals surface area contributed by atoms with Gasteiger partial charge in [-0.1, -0.05) is 30.3 Å². The number of nitro benzene ring substituents is 1. The number of ether oxygens (including phenoxy) is 2. The standard InChI is InChI=1S/C19H20N2O5/c1-25-15-7-8-17(16(11-15)21(23)24)26-12-18(22)20-13-19(9-10-19)14-5-3-2-4-6-14/h2-8,11H,9-10,12-13H2,1H3,(H,20,22). The van der Waals surface area contributed by atoms with Gasteiger partial charge in [-0.2, -0.15) is 0 Å². The number of nitro groups is 1. The molecule has 7 heteroatoms. The van der Waals surface area contributed by atoms with Gasteiger partial charge in [-0.05, 0) is 30.5 Å². The molecule has 0 aliphatic heterocycles. The molecule has 1 amide bonds. The van der Waals surface area contributed by atoms with E-state index in [0.717, 1.165) is 12.8 Å². The summed E-state index contributed by atoms with van der Waals surface area (Å²) in [6.45, 7) is 0.252. The maximum absolute atomic E-state index is 12.1. The van der Waals surface area contributed by atoms with Crippen LogP contribution in [-0.4, -0.2) is 31.1 Å². The number of carbonyl (C=O) groups is 1. The van der Waals surface area contributed by atoms with Gasteiger partial charge in [0.25, 0.3) is 5.91 Å². The van der Waals surface area contributed by atoms with Crippen molar-refractivity contribution in [2.45, 2.75) is 18.3 Å². The number of benzene rings is 2. The third-order valence-electron chi connectivity index (χ3n) is 4.59. The predicted molar refractivity (Wildman–Crippen MR) is 95.5 cm³/mol. The fraction of sp³-hybridized carbons (Fsp3) is 0.316. The molecule has 0 atom stereocenters. The number of hydrogen-bond acceptors (Lipinski definition) is 5. The highest BCUT2D eigenvalue weighted by Gasteiger charge is 2.44. The van der Waals surface area contributed by atoms with Crippen LogP contribution in [0, 0.1) is 10.1 Å². The van der Waals surface area contributed by atoms with Crippen LogP contribution in [0.5, 0.6) is 11.5 Å². The molecule has 2 aromatic carbocycles. The van der Waals surface area contributed by atoms with Gasteiger partial charge in [-0.15, -0.1) is 0 Å². The van der Waals surface area contributed by atoms with Gasteiger partial charge < -0.3 is 14.8 Å². The minimum atomic E-state index is -0.565. The number of amides is 1. The predicted octanol–water partition coefficient (Wildman–Crippen LogP) is 2.83. The first-order chi connectivity index (χ1) is 12.5. The minimum absolute atomic E-state index is 0.00301. The van der Waals surface area contributed by atoms with Crippen molar-refractivity contribution in [2.24, 2.45) is 0 Å². The van der Waals surface area contributed by atoms with E-state index in [1.54, 1.807) is 6.07 Å². The zero-order valence-electron chi connectivity index (χ0n) is 14.4. The fourth-order valence-corrected chi connectivity index (χ4v) is 2.86. The van der Waals surface area contributed by atoms with Crippen molar-refractivity contribution < 1.29 is 19.2 Å². The van der Waals surface area contributed by atoms with E-state index in [4.69, 9.17) is 9.47 Å². The van der Waals surface area contributed by atoms with Crippen molar-refractivity contribution in [3.05, 3.63) is 64.2 Å². The van der Waals surface area contributed by atoms with E-state index in [2.05, 4.69) is 17.4 Å². The van der Waals surface area contributed by atoms with Crippen LogP contribution in [-0.2, 0) is 10.2 Å². The van der Waals surface area contributed by atoms with E-state index in [0.29, 0.717) is 12.3 Å². The average Bonchev–Trinajstić information content (AvgIpc) is 3.46. The Morgan fingerprint density at radius 2 is 1.96 bits per heavy atom. The Morgan fingerprint density at radius 3 is 2.58 bits per heavy atom. The lowest BCUT2D eigenvalue weighted by Gasteiger charge is -2.16. The molecule has 0 unspecified atom stereocenters. The number of rotatable bonds is 8. The lowest BCUT2D eigenvalue weighted by Crippen LogP contribution is -2.35. The molecule has 1 aliphatic carbocycles. The number of nitrogens with one attached hydrogen (secondary N) is 1. The largest absolute Gasteiger partial charge is 0.496 e. The SMILES string of the molecule is COc1ccc(OCC(=O)NCC2(c3ccccc3)CC2)c([N+](=O)[O-])c1. The summed E-state index contributed by atoms with van der Waals surface area (Å²) in [6, 6.07) is 14.3. The average molecular weight is 356 g/mol. The first-order valence-corrected chi connectivity index (χ1v) is 8.31. The molecule has 3 rings (SSSR count). The van der Waals surface area contributed by atoms with E-state index in [1.165, 1.54) is 24.8 Å². The van der Waals surface area contributed by atoms with E-state index in [1.807, 2.05) is 18.2 Å². The lowest BCUT2D eigenvalue weighted by molar-refractivity contribution is -0.385. The van der Waals surface area contributed by atoms with Gasteiger partial charge in [0, 0.05) is 12.0 Å². The summed E-state index contributed by atoms with van der Waals surface area (Å²) >= 11 is 0.